The SMILES string of the molecule is C[C@@H](Oc1ccc(-c2nccc(-c3ccccn3)n2)cc1)C(=O)NN. The summed E-state index contributed by atoms with van der Waals surface area (Å²) in [6.07, 6.45) is 2.74. The molecule has 1 amide bonds. The number of hydrogen-bond donors (Lipinski definition) is 2. The number of hydrazine groups is 1. The van der Waals surface area contributed by atoms with Crippen LogP contribution >= 0.6 is 0 Å². The number of rotatable bonds is 5. The molecule has 0 aliphatic carbocycles. The van der Waals surface area contributed by atoms with Crippen LogP contribution < -0.4 is 16.0 Å². The number of aromatic nitrogens is 3. The Morgan fingerprint density at radius 3 is 2.52 bits per heavy atom. The fourth-order valence-corrected chi connectivity index (χ4v) is 2.21. The van der Waals surface area contributed by atoms with Crippen LogP contribution in [0.15, 0.2) is 60.9 Å². The van der Waals surface area contributed by atoms with E-state index >= 15 is 0 Å². The third-order valence-electron chi connectivity index (χ3n) is 3.52. The summed E-state index contributed by atoms with van der Waals surface area (Å²) in [4.78, 5) is 24.5. The molecule has 2 heterocycles. The van der Waals surface area contributed by atoms with Crippen LogP contribution in [0.2, 0.25) is 0 Å². The zero-order valence-electron chi connectivity index (χ0n) is 13.6. The minimum atomic E-state index is -0.681. The molecule has 0 radical (unpaired) electrons. The molecule has 0 saturated heterocycles. The minimum absolute atomic E-state index is 0.393. The first-order valence-corrected chi connectivity index (χ1v) is 7.69. The van der Waals surface area contributed by atoms with Crippen molar-refractivity contribution in [1.29, 1.82) is 0 Å². The first kappa shape index (κ1) is 16.5. The summed E-state index contributed by atoms with van der Waals surface area (Å²) < 4.78 is 5.51. The van der Waals surface area contributed by atoms with Gasteiger partial charge in [-0.2, -0.15) is 0 Å². The lowest BCUT2D eigenvalue weighted by atomic mass is 10.2. The lowest BCUT2D eigenvalue weighted by Crippen LogP contribution is -2.40. The maximum atomic E-state index is 11.4. The van der Waals surface area contributed by atoms with Gasteiger partial charge in [0, 0.05) is 18.0 Å². The molecule has 0 fully saturated rings. The van der Waals surface area contributed by atoms with Crippen LogP contribution in [-0.2, 0) is 4.79 Å². The van der Waals surface area contributed by atoms with Crippen molar-refractivity contribution in [2.75, 3.05) is 0 Å². The van der Waals surface area contributed by atoms with Gasteiger partial charge in [0.2, 0.25) is 0 Å². The number of hydrogen-bond acceptors (Lipinski definition) is 6. The topological polar surface area (TPSA) is 103 Å². The highest BCUT2D eigenvalue weighted by molar-refractivity contribution is 5.80. The molecule has 1 aromatic carbocycles. The summed E-state index contributed by atoms with van der Waals surface area (Å²) in [5.41, 5.74) is 4.42. The number of amides is 1. The van der Waals surface area contributed by atoms with E-state index in [1.807, 2.05) is 36.4 Å². The molecule has 126 valence electrons. The zero-order chi connectivity index (χ0) is 17.6. The second kappa shape index (κ2) is 7.50. The molecule has 0 aliphatic rings. The molecule has 3 N–H and O–H groups in total. The van der Waals surface area contributed by atoms with E-state index in [0.29, 0.717) is 11.6 Å². The quantitative estimate of drug-likeness (QED) is 0.420. The largest absolute Gasteiger partial charge is 0.481 e. The number of nitrogens with one attached hydrogen (secondary N) is 1. The number of nitrogens with zero attached hydrogens (tertiary/aromatic N) is 3. The fraction of sp³-hybridized carbons (Fsp3) is 0.111. The second-order valence-electron chi connectivity index (χ2n) is 5.27. The summed E-state index contributed by atoms with van der Waals surface area (Å²) in [6.45, 7) is 1.62. The van der Waals surface area contributed by atoms with E-state index in [1.165, 1.54) is 0 Å². The molecule has 2 aromatic heterocycles. The predicted molar refractivity (Wildman–Crippen MR) is 93.1 cm³/mol. The molecule has 7 heteroatoms. The summed E-state index contributed by atoms with van der Waals surface area (Å²) in [5, 5.41) is 0. The molecule has 25 heavy (non-hydrogen) atoms. The lowest BCUT2D eigenvalue weighted by molar-refractivity contribution is -0.127. The predicted octanol–water partition coefficient (Wildman–Crippen LogP) is 1.96. The summed E-state index contributed by atoms with van der Waals surface area (Å²) in [7, 11) is 0. The van der Waals surface area contributed by atoms with Crippen molar-refractivity contribution >= 4 is 5.91 Å². The average molecular weight is 335 g/mol. The van der Waals surface area contributed by atoms with Gasteiger partial charge in [-0.1, -0.05) is 6.07 Å². The van der Waals surface area contributed by atoms with Crippen molar-refractivity contribution < 1.29 is 9.53 Å². The van der Waals surface area contributed by atoms with E-state index in [9.17, 15) is 4.79 Å². The Morgan fingerprint density at radius 2 is 1.84 bits per heavy atom. The van der Waals surface area contributed by atoms with Crippen molar-refractivity contribution in [2.45, 2.75) is 13.0 Å². The molecule has 3 aromatic rings. The van der Waals surface area contributed by atoms with Gasteiger partial charge in [0.25, 0.3) is 5.91 Å². The Hall–Kier alpha value is -3.32. The Kier molecular flexibility index (Phi) is 4.96. The van der Waals surface area contributed by atoms with Crippen molar-refractivity contribution in [2.24, 2.45) is 5.84 Å². The Bertz CT molecular complexity index is 853. The standard InChI is InChI=1S/C18H17N5O2/c1-12(18(24)23-19)25-14-7-5-13(6-8-14)17-21-11-9-16(22-17)15-4-2-3-10-20-15/h2-12H,19H2,1H3,(H,23,24)/t12-/m1/s1. The van der Waals surface area contributed by atoms with Gasteiger partial charge in [0.1, 0.15) is 5.75 Å². The first-order chi connectivity index (χ1) is 12.2. The number of pyridine rings is 1. The molecule has 1 atom stereocenters. The Morgan fingerprint density at radius 1 is 1.04 bits per heavy atom. The van der Waals surface area contributed by atoms with Crippen LogP contribution in [0.3, 0.4) is 0 Å². The van der Waals surface area contributed by atoms with Crippen LogP contribution in [0.4, 0.5) is 0 Å². The van der Waals surface area contributed by atoms with Crippen LogP contribution in [0.5, 0.6) is 5.75 Å². The molecule has 0 unspecified atom stereocenters. The zero-order valence-corrected chi connectivity index (χ0v) is 13.6. The Balaban J connectivity index is 1.80. The number of nitrogens with two attached hydrogens (primary N) is 1. The van der Waals surface area contributed by atoms with Gasteiger partial charge in [-0.05, 0) is 49.4 Å². The van der Waals surface area contributed by atoms with Gasteiger partial charge in [-0.3, -0.25) is 15.2 Å². The van der Waals surface area contributed by atoms with Crippen molar-refractivity contribution in [3.8, 4) is 28.5 Å². The van der Waals surface area contributed by atoms with E-state index in [2.05, 4.69) is 20.4 Å². The van der Waals surface area contributed by atoms with Crippen LogP contribution in [0, 0.1) is 0 Å². The van der Waals surface area contributed by atoms with Crippen LogP contribution in [-0.4, -0.2) is 27.0 Å². The van der Waals surface area contributed by atoms with Crippen LogP contribution in [0.25, 0.3) is 22.8 Å². The number of benzene rings is 1. The maximum Gasteiger partial charge on any atom is 0.274 e. The molecule has 0 spiro atoms. The summed E-state index contributed by atoms with van der Waals surface area (Å²) >= 11 is 0. The monoisotopic (exact) mass is 335 g/mol. The van der Waals surface area contributed by atoms with Gasteiger partial charge in [0.05, 0.1) is 11.4 Å². The fourth-order valence-electron chi connectivity index (χ4n) is 2.21. The molecule has 3 rings (SSSR count). The molecule has 7 nitrogen and oxygen atoms in total. The van der Waals surface area contributed by atoms with Crippen molar-refractivity contribution in [3.63, 3.8) is 0 Å². The number of carbonyl (C=O) groups excluding carboxylic acids is 1. The maximum absolute atomic E-state index is 11.4. The highest BCUT2D eigenvalue weighted by Crippen LogP contribution is 2.22. The summed E-state index contributed by atoms with van der Waals surface area (Å²) in [6, 6.07) is 14.7. The Labute approximate surface area is 144 Å². The van der Waals surface area contributed by atoms with Gasteiger partial charge >= 0.3 is 0 Å². The lowest BCUT2D eigenvalue weighted by Gasteiger charge is -2.13. The third kappa shape index (κ3) is 3.96. The van der Waals surface area contributed by atoms with Crippen LogP contribution in [0.1, 0.15) is 6.92 Å². The van der Waals surface area contributed by atoms with E-state index < -0.39 is 12.0 Å². The molecule has 0 bridgehead atoms. The van der Waals surface area contributed by atoms with Gasteiger partial charge in [-0.25, -0.2) is 15.8 Å². The number of ether oxygens (including phenoxy) is 1. The molecule has 0 aliphatic heterocycles. The van der Waals surface area contributed by atoms with Gasteiger partial charge in [0.15, 0.2) is 11.9 Å². The molecule has 0 saturated carbocycles. The van der Waals surface area contributed by atoms with Gasteiger partial charge in [-0.15, -0.1) is 0 Å². The molecular weight excluding hydrogens is 318 g/mol. The highest BCUT2D eigenvalue weighted by atomic mass is 16.5. The van der Waals surface area contributed by atoms with E-state index in [-0.39, 0.29) is 0 Å². The molecular formula is C18H17N5O2. The third-order valence-corrected chi connectivity index (χ3v) is 3.52. The highest BCUT2D eigenvalue weighted by Gasteiger charge is 2.13. The van der Waals surface area contributed by atoms with E-state index in [0.717, 1.165) is 17.0 Å². The number of carbonyl (C=O) groups is 1. The minimum Gasteiger partial charge on any atom is -0.481 e. The van der Waals surface area contributed by atoms with Crippen molar-refractivity contribution in [3.05, 3.63) is 60.9 Å². The van der Waals surface area contributed by atoms with Crippen molar-refractivity contribution in [1.82, 2.24) is 20.4 Å². The smallest absolute Gasteiger partial charge is 0.274 e. The normalized spacial score (nSPS) is 11.6. The summed E-state index contributed by atoms with van der Waals surface area (Å²) in [5.74, 6) is 5.84. The van der Waals surface area contributed by atoms with E-state index in [4.69, 9.17) is 10.6 Å². The first-order valence-electron chi connectivity index (χ1n) is 7.69. The second-order valence-corrected chi connectivity index (χ2v) is 5.27. The van der Waals surface area contributed by atoms with E-state index in [1.54, 1.807) is 31.5 Å². The average Bonchev–Trinajstić information content (AvgIpc) is 2.68. The van der Waals surface area contributed by atoms with Gasteiger partial charge < -0.3 is 4.74 Å².